The van der Waals surface area contributed by atoms with Crippen LogP contribution in [-0.2, 0) is 4.79 Å². The van der Waals surface area contributed by atoms with E-state index in [1.807, 2.05) is 26.0 Å². The number of benzene rings is 2. The Morgan fingerprint density at radius 3 is 2.56 bits per heavy atom. The number of thioether (sulfide) groups is 1. The molecule has 3 rings (SSSR count). The smallest absolute Gasteiger partial charge is 0.264 e. The number of hydrogen-bond donors (Lipinski definition) is 2. The largest absolute Gasteiger partial charge is 0.504 e. The maximum absolute atomic E-state index is 12.2. The van der Waals surface area contributed by atoms with Crippen LogP contribution in [0.5, 0.6) is 11.5 Å². The zero-order valence-corrected chi connectivity index (χ0v) is 15.0. The summed E-state index contributed by atoms with van der Waals surface area (Å²) in [6.45, 7) is 4.03. The number of aryl methyl sites for hydroxylation is 2. The fourth-order valence-corrected chi connectivity index (χ4v) is 3.39. The fraction of sp³-hybridized carbons (Fsp3) is 0.158. The van der Waals surface area contributed by atoms with Crippen molar-refractivity contribution in [2.24, 2.45) is 4.99 Å². The number of phenolic OH excluding ortho intramolecular Hbond substituents is 1. The average molecular weight is 354 g/mol. The highest BCUT2D eigenvalue weighted by Gasteiger charge is 2.24. The van der Waals surface area contributed by atoms with Gasteiger partial charge >= 0.3 is 0 Å². The van der Waals surface area contributed by atoms with Crippen LogP contribution in [-0.4, -0.2) is 23.3 Å². The lowest BCUT2D eigenvalue weighted by Crippen LogP contribution is -2.19. The van der Waals surface area contributed by atoms with Gasteiger partial charge in [-0.2, -0.15) is 0 Å². The van der Waals surface area contributed by atoms with Crippen molar-refractivity contribution in [1.29, 1.82) is 0 Å². The van der Waals surface area contributed by atoms with Crippen molar-refractivity contribution in [3.8, 4) is 11.5 Å². The number of aliphatic imine (C=N–C) groups is 1. The van der Waals surface area contributed by atoms with Crippen molar-refractivity contribution >= 4 is 34.6 Å². The third-order valence-electron chi connectivity index (χ3n) is 3.59. The van der Waals surface area contributed by atoms with Gasteiger partial charge in [0.2, 0.25) is 0 Å². The second-order valence-corrected chi connectivity index (χ2v) is 6.79. The van der Waals surface area contributed by atoms with Gasteiger partial charge in [-0.1, -0.05) is 12.1 Å². The number of methoxy groups -OCH3 is 1. The average Bonchev–Trinajstić information content (AvgIpc) is 2.87. The minimum absolute atomic E-state index is 0.0604. The van der Waals surface area contributed by atoms with E-state index in [4.69, 9.17) is 4.74 Å². The van der Waals surface area contributed by atoms with Gasteiger partial charge in [0.05, 0.1) is 17.7 Å². The van der Waals surface area contributed by atoms with Crippen molar-refractivity contribution in [3.05, 3.63) is 58.0 Å². The highest BCUT2D eigenvalue weighted by molar-refractivity contribution is 8.18. The molecule has 0 aromatic heterocycles. The topological polar surface area (TPSA) is 70.9 Å². The Morgan fingerprint density at radius 2 is 1.88 bits per heavy atom. The zero-order chi connectivity index (χ0) is 18.0. The number of phenols is 1. The number of nitrogens with zero attached hydrogens (tertiary/aromatic N) is 1. The normalized spacial score (nSPS) is 17.2. The Hall–Kier alpha value is -2.73. The number of aromatic hydroxyl groups is 1. The molecule has 0 atom stereocenters. The van der Waals surface area contributed by atoms with Crippen molar-refractivity contribution in [2.45, 2.75) is 13.8 Å². The Balaban J connectivity index is 1.86. The third-order valence-corrected chi connectivity index (χ3v) is 4.50. The van der Waals surface area contributed by atoms with E-state index in [1.165, 1.54) is 24.9 Å². The minimum Gasteiger partial charge on any atom is -0.504 e. The highest BCUT2D eigenvalue weighted by atomic mass is 32.2. The van der Waals surface area contributed by atoms with E-state index in [1.54, 1.807) is 18.2 Å². The Bertz CT molecular complexity index is 883. The first-order chi connectivity index (χ1) is 11.9. The molecule has 1 aliphatic heterocycles. The summed E-state index contributed by atoms with van der Waals surface area (Å²) in [5.74, 6) is 0.229. The highest BCUT2D eigenvalue weighted by Crippen LogP contribution is 2.31. The summed E-state index contributed by atoms with van der Waals surface area (Å²) in [5, 5.41) is 13.0. The number of ether oxygens (including phenoxy) is 1. The predicted molar refractivity (Wildman–Crippen MR) is 101 cm³/mol. The van der Waals surface area contributed by atoms with E-state index < -0.39 is 0 Å². The molecule has 0 bridgehead atoms. The van der Waals surface area contributed by atoms with Gasteiger partial charge in [-0.3, -0.25) is 4.79 Å². The van der Waals surface area contributed by atoms with Crippen LogP contribution in [0.25, 0.3) is 6.08 Å². The van der Waals surface area contributed by atoms with Gasteiger partial charge in [0.25, 0.3) is 5.91 Å². The number of carbonyl (C=O) groups excluding carboxylic acids is 1. The molecule has 2 aromatic carbocycles. The Labute approximate surface area is 150 Å². The Morgan fingerprint density at radius 1 is 1.16 bits per heavy atom. The molecule has 1 heterocycles. The minimum atomic E-state index is -0.194. The van der Waals surface area contributed by atoms with Crippen LogP contribution in [0.4, 0.5) is 5.69 Å². The van der Waals surface area contributed by atoms with Crippen LogP contribution in [0.2, 0.25) is 0 Å². The first kappa shape index (κ1) is 17.1. The fourth-order valence-electron chi connectivity index (χ4n) is 2.55. The van der Waals surface area contributed by atoms with E-state index in [2.05, 4.69) is 16.4 Å². The van der Waals surface area contributed by atoms with Crippen LogP contribution < -0.4 is 10.1 Å². The van der Waals surface area contributed by atoms with Gasteiger partial charge in [0.1, 0.15) is 0 Å². The van der Waals surface area contributed by atoms with Gasteiger partial charge in [-0.15, -0.1) is 0 Å². The van der Waals surface area contributed by atoms with Gasteiger partial charge in [-0.25, -0.2) is 4.99 Å². The molecule has 1 aliphatic rings. The lowest BCUT2D eigenvalue weighted by Gasteiger charge is -2.03. The maximum Gasteiger partial charge on any atom is 0.264 e. The molecule has 1 saturated heterocycles. The zero-order valence-electron chi connectivity index (χ0n) is 14.2. The molecule has 5 nitrogen and oxygen atoms in total. The van der Waals surface area contributed by atoms with Gasteiger partial charge in [-0.05, 0) is 72.6 Å². The predicted octanol–water partition coefficient (Wildman–Crippen LogP) is 3.91. The summed E-state index contributed by atoms with van der Waals surface area (Å²) in [5.41, 5.74) is 3.83. The lowest BCUT2D eigenvalue weighted by atomic mass is 10.1. The second kappa shape index (κ2) is 7.03. The van der Waals surface area contributed by atoms with E-state index in [-0.39, 0.29) is 11.7 Å². The van der Waals surface area contributed by atoms with Crippen molar-refractivity contribution < 1.29 is 14.6 Å². The maximum atomic E-state index is 12.2. The molecule has 0 spiro atoms. The standard InChI is InChI=1S/C19H18N2O3S/c1-11-6-12(2)8-14(7-11)20-19-21-18(23)17(25-19)10-13-4-5-15(22)16(9-13)24-3/h4-10,22H,1-3H3,(H,20,21,23)/b17-10+. The quantitative estimate of drug-likeness (QED) is 0.820. The van der Waals surface area contributed by atoms with E-state index >= 15 is 0 Å². The molecule has 2 aromatic rings. The van der Waals surface area contributed by atoms with Crippen molar-refractivity contribution in [2.75, 3.05) is 7.11 Å². The molecule has 1 amide bonds. The SMILES string of the molecule is COc1cc(/C=C2/SC(=Nc3cc(C)cc(C)c3)NC2=O)ccc1O. The first-order valence-electron chi connectivity index (χ1n) is 7.69. The molecule has 0 aliphatic carbocycles. The lowest BCUT2D eigenvalue weighted by molar-refractivity contribution is -0.115. The molecular weight excluding hydrogens is 336 g/mol. The van der Waals surface area contributed by atoms with Crippen LogP contribution in [0, 0.1) is 13.8 Å². The summed E-state index contributed by atoms with van der Waals surface area (Å²) in [7, 11) is 1.48. The first-order valence-corrected chi connectivity index (χ1v) is 8.51. The molecule has 25 heavy (non-hydrogen) atoms. The molecule has 0 unspecified atom stereocenters. The van der Waals surface area contributed by atoms with E-state index in [9.17, 15) is 9.90 Å². The van der Waals surface area contributed by atoms with Crippen LogP contribution in [0.1, 0.15) is 16.7 Å². The number of rotatable bonds is 3. The van der Waals surface area contributed by atoms with E-state index in [0.717, 1.165) is 22.4 Å². The number of amidine groups is 1. The molecule has 1 fully saturated rings. The van der Waals surface area contributed by atoms with Crippen LogP contribution >= 0.6 is 11.8 Å². The van der Waals surface area contributed by atoms with Gasteiger partial charge < -0.3 is 15.2 Å². The third kappa shape index (κ3) is 4.03. The molecule has 6 heteroatoms. The van der Waals surface area contributed by atoms with Gasteiger partial charge in [0, 0.05) is 0 Å². The summed E-state index contributed by atoms with van der Waals surface area (Å²) in [4.78, 5) is 17.2. The number of hydrogen-bond acceptors (Lipinski definition) is 5. The van der Waals surface area contributed by atoms with Crippen molar-refractivity contribution in [1.82, 2.24) is 5.32 Å². The molecule has 0 radical (unpaired) electrons. The molecule has 0 saturated carbocycles. The summed E-state index contributed by atoms with van der Waals surface area (Å²) < 4.78 is 5.09. The number of nitrogens with one attached hydrogen (secondary N) is 1. The van der Waals surface area contributed by atoms with Crippen molar-refractivity contribution in [3.63, 3.8) is 0 Å². The van der Waals surface area contributed by atoms with Gasteiger partial charge in [0.15, 0.2) is 16.7 Å². The van der Waals surface area contributed by atoms with Crippen LogP contribution in [0.15, 0.2) is 46.3 Å². The summed E-state index contributed by atoms with van der Waals surface area (Å²) in [6.07, 6.45) is 1.74. The number of carbonyl (C=O) groups is 1. The second-order valence-electron chi connectivity index (χ2n) is 5.76. The monoisotopic (exact) mass is 354 g/mol. The summed E-state index contributed by atoms with van der Waals surface area (Å²) in [6, 6.07) is 11.0. The number of amides is 1. The molecular formula is C19H18N2O3S. The summed E-state index contributed by atoms with van der Waals surface area (Å²) >= 11 is 1.28. The Kier molecular flexibility index (Phi) is 4.81. The molecule has 2 N–H and O–H groups in total. The van der Waals surface area contributed by atoms with E-state index in [0.29, 0.717) is 15.8 Å². The van der Waals surface area contributed by atoms with Crippen LogP contribution in [0.3, 0.4) is 0 Å². The molecule has 128 valence electrons.